The first-order valence-corrected chi connectivity index (χ1v) is 4.62. The van der Waals surface area contributed by atoms with Crippen molar-refractivity contribution in [2.24, 2.45) is 10.7 Å². The van der Waals surface area contributed by atoms with E-state index >= 15 is 0 Å². The van der Waals surface area contributed by atoms with E-state index in [9.17, 15) is 4.79 Å². The highest BCUT2D eigenvalue weighted by Gasteiger charge is 2.26. The molecule has 1 aliphatic carbocycles. The molecule has 4 heteroatoms. The fourth-order valence-electron chi connectivity index (χ4n) is 1.48. The average Bonchev–Trinajstić information content (AvgIpc) is 2.93. The number of allylic oxidation sites excluding steroid dienone is 2. The molecule has 0 spiro atoms. The number of ether oxygens (including phenoxy) is 1. The molecule has 0 fully saturated rings. The van der Waals surface area contributed by atoms with Crippen molar-refractivity contribution in [3.05, 3.63) is 40.8 Å². The van der Waals surface area contributed by atoms with Crippen LogP contribution in [-0.4, -0.2) is 12.1 Å². The van der Waals surface area contributed by atoms with Crippen LogP contribution in [0.3, 0.4) is 0 Å². The predicted octanol–water partition coefficient (Wildman–Crippen LogP) is 1.21. The van der Waals surface area contributed by atoms with Crippen molar-refractivity contribution >= 4 is 12.1 Å². The van der Waals surface area contributed by atoms with Crippen molar-refractivity contribution in [1.82, 2.24) is 0 Å². The summed E-state index contributed by atoms with van der Waals surface area (Å²) in [5.41, 5.74) is 7.49. The Hall–Kier alpha value is -2.10. The molecule has 1 aromatic rings. The third kappa shape index (κ3) is 1.30. The van der Waals surface area contributed by atoms with Crippen LogP contribution in [0.2, 0.25) is 0 Å². The van der Waals surface area contributed by atoms with Gasteiger partial charge in [-0.05, 0) is 18.2 Å². The van der Waals surface area contributed by atoms with E-state index in [2.05, 4.69) is 4.99 Å². The van der Waals surface area contributed by atoms with Gasteiger partial charge in [-0.3, -0.25) is 9.79 Å². The second-order valence-corrected chi connectivity index (χ2v) is 3.52. The van der Waals surface area contributed by atoms with Gasteiger partial charge in [0.25, 0.3) is 0 Å². The number of primary amides is 1. The molecule has 4 nitrogen and oxygen atoms in total. The fraction of sp³-hybridized carbons (Fsp3) is 0.0909. The van der Waals surface area contributed by atoms with Crippen LogP contribution in [0.25, 0.3) is 0 Å². The molecule has 0 saturated heterocycles. The number of hydrogen-bond acceptors (Lipinski definition) is 3. The molecule has 74 valence electrons. The van der Waals surface area contributed by atoms with Crippen molar-refractivity contribution in [3.8, 4) is 5.75 Å². The maximum Gasteiger partial charge on any atom is 0.248 e. The van der Waals surface area contributed by atoms with Gasteiger partial charge in [-0.15, -0.1) is 0 Å². The lowest BCUT2D eigenvalue weighted by Crippen LogP contribution is -2.11. The van der Waals surface area contributed by atoms with E-state index in [0.29, 0.717) is 11.3 Å². The topological polar surface area (TPSA) is 64.7 Å². The van der Waals surface area contributed by atoms with Crippen LogP contribution in [0.5, 0.6) is 5.75 Å². The van der Waals surface area contributed by atoms with Crippen molar-refractivity contribution in [2.75, 3.05) is 0 Å². The summed E-state index contributed by atoms with van der Waals surface area (Å²) < 4.78 is 5.57. The van der Waals surface area contributed by atoms with Gasteiger partial charge in [0.15, 0.2) is 0 Å². The molecule has 1 heterocycles. The number of nitrogens with zero attached hydrogens (tertiary/aromatic N) is 1. The van der Waals surface area contributed by atoms with Crippen LogP contribution in [0.1, 0.15) is 22.3 Å². The highest BCUT2D eigenvalue weighted by Crippen LogP contribution is 2.37. The number of fused-ring (bicyclic) bond motifs is 1. The number of carbonyl (C=O) groups is 1. The summed E-state index contributed by atoms with van der Waals surface area (Å²) >= 11 is 0. The third-order valence-corrected chi connectivity index (χ3v) is 2.42. The molecule has 2 aliphatic rings. The van der Waals surface area contributed by atoms with Gasteiger partial charge in [0.1, 0.15) is 11.5 Å². The standard InChI is InChI=1S/C11H8N2O2/c12-11(14)6-1-2-7-5-13-8-4-10(8)15-9(7)3-6/h1-3,5H,4H2,(H2,12,14). The third-order valence-electron chi connectivity index (χ3n) is 2.42. The normalized spacial score (nSPS) is 16.3. The smallest absolute Gasteiger partial charge is 0.248 e. The summed E-state index contributed by atoms with van der Waals surface area (Å²) in [6.07, 6.45) is 2.55. The molecule has 0 aromatic heterocycles. The first-order valence-electron chi connectivity index (χ1n) is 4.62. The zero-order valence-electron chi connectivity index (χ0n) is 7.86. The first-order chi connectivity index (χ1) is 7.24. The Labute approximate surface area is 86.1 Å². The highest BCUT2D eigenvalue weighted by atomic mass is 16.5. The van der Waals surface area contributed by atoms with Gasteiger partial charge >= 0.3 is 0 Å². The molecular formula is C11H8N2O2. The lowest BCUT2D eigenvalue weighted by Gasteiger charge is -2.05. The zero-order valence-corrected chi connectivity index (χ0v) is 7.86. The quantitative estimate of drug-likeness (QED) is 0.740. The SMILES string of the molecule is NC(=O)c1ccc2c(c1)OC1=C(C1)N=C2. The van der Waals surface area contributed by atoms with Gasteiger partial charge in [-0.25, -0.2) is 0 Å². The van der Waals surface area contributed by atoms with Crippen LogP contribution in [0.15, 0.2) is 34.6 Å². The number of carbonyl (C=O) groups excluding carboxylic acids is 1. The number of nitrogens with two attached hydrogens (primary N) is 1. The second kappa shape index (κ2) is 2.70. The fourth-order valence-corrected chi connectivity index (χ4v) is 1.48. The van der Waals surface area contributed by atoms with Crippen LogP contribution in [-0.2, 0) is 0 Å². The van der Waals surface area contributed by atoms with Crippen molar-refractivity contribution in [1.29, 1.82) is 0 Å². The highest BCUT2D eigenvalue weighted by molar-refractivity contribution is 5.95. The maximum atomic E-state index is 11.0. The molecule has 3 rings (SSSR count). The summed E-state index contributed by atoms with van der Waals surface area (Å²) in [5.74, 6) is 1.08. The summed E-state index contributed by atoms with van der Waals surface area (Å²) in [6, 6.07) is 5.10. The van der Waals surface area contributed by atoms with Crippen molar-refractivity contribution < 1.29 is 9.53 Å². The summed E-state index contributed by atoms with van der Waals surface area (Å²) in [7, 11) is 0. The molecule has 15 heavy (non-hydrogen) atoms. The van der Waals surface area contributed by atoms with Gasteiger partial charge in [-0.2, -0.15) is 0 Å². The average molecular weight is 200 g/mol. The summed E-state index contributed by atoms with van der Waals surface area (Å²) in [5, 5.41) is 0. The molecule has 1 amide bonds. The number of benzene rings is 1. The van der Waals surface area contributed by atoms with Gasteiger partial charge in [0, 0.05) is 17.3 Å². The van der Waals surface area contributed by atoms with Crippen molar-refractivity contribution in [3.63, 3.8) is 0 Å². The molecule has 0 atom stereocenters. The lowest BCUT2D eigenvalue weighted by molar-refractivity contribution is 0.1000. The molecule has 0 radical (unpaired) electrons. The Balaban J connectivity index is 2.09. The van der Waals surface area contributed by atoms with E-state index in [0.717, 1.165) is 23.4 Å². The lowest BCUT2D eigenvalue weighted by atomic mass is 10.1. The Morgan fingerprint density at radius 1 is 1.47 bits per heavy atom. The first kappa shape index (κ1) is 8.23. The van der Waals surface area contributed by atoms with Gasteiger partial charge in [0.2, 0.25) is 5.91 Å². The molecule has 2 N–H and O–H groups in total. The Morgan fingerprint density at radius 2 is 2.33 bits per heavy atom. The van der Waals surface area contributed by atoms with Gasteiger partial charge < -0.3 is 10.5 Å². The number of aliphatic imine (C=N–C) groups is 1. The van der Waals surface area contributed by atoms with E-state index in [4.69, 9.17) is 10.5 Å². The van der Waals surface area contributed by atoms with Crippen LogP contribution < -0.4 is 10.5 Å². The van der Waals surface area contributed by atoms with Crippen LogP contribution in [0, 0.1) is 0 Å². The van der Waals surface area contributed by atoms with E-state index < -0.39 is 5.91 Å². The van der Waals surface area contributed by atoms with Crippen molar-refractivity contribution in [2.45, 2.75) is 6.42 Å². The summed E-state index contributed by atoms with van der Waals surface area (Å²) in [6.45, 7) is 0. The molecular weight excluding hydrogens is 192 g/mol. The largest absolute Gasteiger partial charge is 0.459 e. The molecule has 0 unspecified atom stereocenters. The maximum absolute atomic E-state index is 11.0. The van der Waals surface area contributed by atoms with Crippen LogP contribution in [0.4, 0.5) is 0 Å². The van der Waals surface area contributed by atoms with Gasteiger partial charge in [0.05, 0.1) is 12.1 Å². The zero-order chi connectivity index (χ0) is 10.4. The molecule has 1 aromatic carbocycles. The van der Waals surface area contributed by atoms with Gasteiger partial charge in [-0.1, -0.05) is 0 Å². The van der Waals surface area contributed by atoms with E-state index in [1.165, 1.54) is 0 Å². The number of hydrogen-bond donors (Lipinski definition) is 1. The Bertz CT molecular complexity index is 529. The molecule has 1 aliphatic heterocycles. The summed E-state index contributed by atoms with van der Waals surface area (Å²) in [4.78, 5) is 15.2. The predicted molar refractivity (Wildman–Crippen MR) is 54.8 cm³/mol. The van der Waals surface area contributed by atoms with E-state index in [-0.39, 0.29) is 0 Å². The Kier molecular flexibility index (Phi) is 1.48. The van der Waals surface area contributed by atoms with Crippen LogP contribution >= 0.6 is 0 Å². The molecule has 0 bridgehead atoms. The Morgan fingerprint density at radius 3 is 3.13 bits per heavy atom. The number of rotatable bonds is 1. The number of amides is 1. The minimum atomic E-state index is -0.451. The second-order valence-electron chi connectivity index (χ2n) is 3.52. The van der Waals surface area contributed by atoms with E-state index in [1.54, 1.807) is 24.4 Å². The monoisotopic (exact) mass is 200 g/mol. The van der Waals surface area contributed by atoms with E-state index in [1.807, 2.05) is 0 Å². The minimum Gasteiger partial charge on any atom is -0.459 e. The minimum absolute atomic E-state index is 0.451. The molecule has 0 saturated carbocycles.